The molecule has 1 rings (SSSR count). The van der Waals surface area contributed by atoms with Crippen molar-refractivity contribution in [2.45, 2.75) is 52.0 Å². The van der Waals surface area contributed by atoms with E-state index < -0.39 is 0 Å². The molecule has 3 atom stereocenters. The van der Waals surface area contributed by atoms with Crippen LogP contribution >= 0.6 is 0 Å². The molecule has 66 valence electrons. The monoisotopic (exact) mass is 155 g/mol. The van der Waals surface area contributed by atoms with E-state index in [0.29, 0.717) is 5.92 Å². The lowest BCUT2D eigenvalue weighted by Crippen LogP contribution is -2.48. The fraction of sp³-hybridized carbons (Fsp3) is 1.00. The molecule has 0 aliphatic heterocycles. The topological polar surface area (TPSA) is 26.0 Å². The molecule has 0 aromatic rings. The van der Waals surface area contributed by atoms with E-state index in [1.54, 1.807) is 0 Å². The quantitative estimate of drug-likeness (QED) is 0.651. The summed E-state index contributed by atoms with van der Waals surface area (Å²) in [5, 5.41) is 0. The SMILES string of the molecule is CCC(C)C1(N)CCCC1C. The van der Waals surface area contributed by atoms with Gasteiger partial charge >= 0.3 is 0 Å². The maximum Gasteiger partial charge on any atom is 0.0206 e. The van der Waals surface area contributed by atoms with Gasteiger partial charge in [-0.15, -0.1) is 0 Å². The third-order valence-corrected chi connectivity index (χ3v) is 3.69. The Kier molecular flexibility index (Phi) is 2.58. The first kappa shape index (κ1) is 9.05. The summed E-state index contributed by atoms with van der Waals surface area (Å²) in [5.41, 5.74) is 6.52. The van der Waals surface area contributed by atoms with Crippen LogP contribution in [0, 0.1) is 11.8 Å². The van der Waals surface area contributed by atoms with Crippen LogP contribution in [0.25, 0.3) is 0 Å². The van der Waals surface area contributed by atoms with Gasteiger partial charge in [0.25, 0.3) is 0 Å². The van der Waals surface area contributed by atoms with Crippen molar-refractivity contribution in [1.29, 1.82) is 0 Å². The average Bonchev–Trinajstić information content (AvgIpc) is 2.32. The normalized spacial score (nSPS) is 40.9. The van der Waals surface area contributed by atoms with E-state index in [4.69, 9.17) is 5.73 Å². The summed E-state index contributed by atoms with van der Waals surface area (Å²) >= 11 is 0. The molecule has 0 radical (unpaired) electrons. The lowest BCUT2D eigenvalue weighted by Gasteiger charge is -2.35. The fourth-order valence-electron chi connectivity index (χ4n) is 2.34. The summed E-state index contributed by atoms with van der Waals surface area (Å²) in [6.07, 6.45) is 5.13. The second kappa shape index (κ2) is 3.14. The summed E-state index contributed by atoms with van der Waals surface area (Å²) in [5.74, 6) is 1.43. The van der Waals surface area contributed by atoms with E-state index in [1.165, 1.54) is 25.7 Å². The molecule has 0 amide bonds. The molecule has 1 aliphatic carbocycles. The fourth-order valence-corrected chi connectivity index (χ4v) is 2.34. The van der Waals surface area contributed by atoms with Crippen molar-refractivity contribution in [2.75, 3.05) is 0 Å². The van der Waals surface area contributed by atoms with E-state index in [2.05, 4.69) is 20.8 Å². The third-order valence-electron chi connectivity index (χ3n) is 3.69. The lowest BCUT2D eigenvalue weighted by molar-refractivity contribution is 0.226. The van der Waals surface area contributed by atoms with Gasteiger partial charge in [-0.2, -0.15) is 0 Å². The second-order valence-electron chi connectivity index (χ2n) is 4.21. The molecule has 1 aliphatic rings. The van der Waals surface area contributed by atoms with Crippen molar-refractivity contribution in [1.82, 2.24) is 0 Å². The van der Waals surface area contributed by atoms with Gasteiger partial charge in [0.2, 0.25) is 0 Å². The van der Waals surface area contributed by atoms with Gasteiger partial charge in [0.1, 0.15) is 0 Å². The summed E-state index contributed by atoms with van der Waals surface area (Å²) < 4.78 is 0. The zero-order valence-electron chi connectivity index (χ0n) is 8.06. The van der Waals surface area contributed by atoms with Crippen molar-refractivity contribution in [3.8, 4) is 0 Å². The number of nitrogens with two attached hydrogens (primary N) is 1. The minimum atomic E-state index is 0.161. The van der Waals surface area contributed by atoms with Crippen molar-refractivity contribution in [3.05, 3.63) is 0 Å². The van der Waals surface area contributed by atoms with Gasteiger partial charge in [0.15, 0.2) is 0 Å². The van der Waals surface area contributed by atoms with Gasteiger partial charge in [0.05, 0.1) is 0 Å². The average molecular weight is 155 g/mol. The van der Waals surface area contributed by atoms with Crippen molar-refractivity contribution in [2.24, 2.45) is 17.6 Å². The summed E-state index contributed by atoms with van der Waals surface area (Å²) in [4.78, 5) is 0. The van der Waals surface area contributed by atoms with Gasteiger partial charge in [-0.1, -0.05) is 33.6 Å². The predicted molar refractivity (Wildman–Crippen MR) is 49.4 cm³/mol. The first-order valence-electron chi connectivity index (χ1n) is 4.90. The predicted octanol–water partition coefficient (Wildman–Crippen LogP) is 2.55. The molecule has 1 nitrogen and oxygen atoms in total. The summed E-state index contributed by atoms with van der Waals surface area (Å²) in [6, 6.07) is 0. The highest BCUT2D eigenvalue weighted by Gasteiger charge is 2.39. The van der Waals surface area contributed by atoms with Crippen LogP contribution in [0.5, 0.6) is 0 Å². The van der Waals surface area contributed by atoms with Crippen molar-refractivity contribution >= 4 is 0 Å². The molecule has 0 spiro atoms. The van der Waals surface area contributed by atoms with E-state index >= 15 is 0 Å². The Labute approximate surface area is 70.4 Å². The standard InChI is InChI=1S/C10H21N/c1-4-8(2)10(11)7-5-6-9(10)3/h8-9H,4-7,11H2,1-3H3. The third kappa shape index (κ3) is 1.44. The second-order valence-corrected chi connectivity index (χ2v) is 4.21. The zero-order valence-corrected chi connectivity index (χ0v) is 8.06. The Morgan fingerprint density at radius 3 is 2.64 bits per heavy atom. The van der Waals surface area contributed by atoms with Crippen LogP contribution < -0.4 is 5.73 Å². The Morgan fingerprint density at radius 2 is 2.27 bits per heavy atom. The molecule has 0 aromatic heterocycles. The molecule has 1 heteroatoms. The van der Waals surface area contributed by atoms with Crippen LogP contribution in [0.2, 0.25) is 0 Å². The largest absolute Gasteiger partial charge is 0.325 e. The maximum atomic E-state index is 6.36. The molecule has 3 unspecified atom stereocenters. The summed E-state index contributed by atoms with van der Waals surface area (Å²) in [6.45, 7) is 6.84. The van der Waals surface area contributed by atoms with Crippen LogP contribution in [0.3, 0.4) is 0 Å². The van der Waals surface area contributed by atoms with Gasteiger partial charge in [-0.05, 0) is 24.7 Å². The van der Waals surface area contributed by atoms with E-state index in [9.17, 15) is 0 Å². The van der Waals surface area contributed by atoms with E-state index in [-0.39, 0.29) is 5.54 Å². The minimum Gasteiger partial charge on any atom is -0.325 e. The smallest absolute Gasteiger partial charge is 0.0206 e. The van der Waals surface area contributed by atoms with Crippen molar-refractivity contribution < 1.29 is 0 Å². The maximum absolute atomic E-state index is 6.36. The van der Waals surface area contributed by atoms with Gasteiger partial charge in [0, 0.05) is 5.54 Å². The van der Waals surface area contributed by atoms with Crippen molar-refractivity contribution in [3.63, 3.8) is 0 Å². The zero-order chi connectivity index (χ0) is 8.48. The minimum absolute atomic E-state index is 0.161. The molecule has 11 heavy (non-hydrogen) atoms. The Balaban J connectivity index is 2.64. The Morgan fingerprint density at radius 1 is 1.64 bits per heavy atom. The lowest BCUT2D eigenvalue weighted by atomic mass is 9.77. The first-order valence-corrected chi connectivity index (χ1v) is 4.90. The van der Waals surface area contributed by atoms with Gasteiger partial charge < -0.3 is 5.73 Å². The van der Waals surface area contributed by atoms with Crippen LogP contribution in [-0.2, 0) is 0 Å². The van der Waals surface area contributed by atoms with Crippen LogP contribution in [0.4, 0.5) is 0 Å². The summed E-state index contributed by atoms with van der Waals surface area (Å²) in [7, 11) is 0. The Bertz CT molecular complexity index is 133. The molecule has 1 fully saturated rings. The van der Waals surface area contributed by atoms with E-state index in [0.717, 1.165) is 5.92 Å². The molecular weight excluding hydrogens is 134 g/mol. The van der Waals surface area contributed by atoms with Crippen LogP contribution in [0.15, 0.2) is 0 Å². The highest BCUT2D eigenvalue weighted by Crippen LogP contribution is 2.39. The molecule has 1 saturated carbocycles. The number of rotatable bonds is 2. The molecule has 0 heterocycles. The molecule has 0 aromatic carbocycles. The number of hydrogen-bond donors (Lipinski definition) is 1. The van der Waals surface area contributed by atoms with Crippen LogP contribution in [0.1, 0.15) is 46.5 Å². The van der Waals surface area contributed by atoms with Crippen LogP contribution in [-0.4, -0.2) is 5.54 Å². The molecule has 2 N–H and O–H groups in total. The molecule has 0 saturated heterocycles. The molecule has 0 bridgehead atoms. The highest BCUT2D eigenvalue weighted by molar-refractivity contribution is 4.97. The van der Waals surface area contributed by atoms with E-state index in [1.807, 2.05) is 0 Å². The first-order chi connectivity index (χ1) is 5.11. The van der Waals surface area contributed by atoms with Gasteiger partial charge in [-0.3, -0.25) is 0 Å². The Hall–Kier alpha value is -0.0400. The molecular formula is C10H21N. The number of hydrogen-bond acceptors (Lipinski definition) is 1. The van der Waals surface area contributed by atoms with Gasteiger partial charge in [-0.25, -0.2) is 0 Å². The highest BCUT2D eigenvalue weighted by atomic mass is 14.8.